The van der Waals surface area contributed by atoms with Gasteiger partial charge < -0.3 is 10.1 Å². The molecule has 1 N–H and O–H groups in total. The summed E-state index contributed by atoms with van der Waals surface area (Å²) in [4.78, 5) is 41.0. The number of nitrogens with zero attached hydrogens (tertiary/aromatic N) is 2. The summed E-state index contributed by atoms with van der Waals surface area (Å²) in [6.07, 6.45) is 1.45. The predicted molar refractivity (Wildman–Crippen MR) is 104 cm³/mol. The molecule has 3 aromatic rings. The van der Waals surface area contributed by atoms with Crippen LogP contribution in [0.5, 0.6) is 0 Å². The van der Waals surface area contributed by atoms with Gasteiger partial charge in [0.15, 0.2) is 0 Å². The number of hydrogen-bond donors (Lipinski definition) is 1. The molecule has 0 unspecified atom stereocenters. The van der Waals surface area contributed by atoms with Gasteiger partial charge in [-0.3, -0.25) is 19.0 Å². The smallest absolute Gasteiger partial charge is 0.307 e. The Bertz CT molecular complexity index is 1040. The predicted octanol–water partition coefficient (Wildman–Crippen LogP) is 2.11. The highest BCUT2D eigenvalue weighted by molar-refractivity contribution is 7.17. The van der Waals surface area contributed by atoms with Crippen LogP contribution in [0.2, 0.25) is 0 Å². The molecule has 27 heavy (non-hydrogen) atoms. The van der Waals surface area contributed by atoms with Crippen molar-refractivity contribution in [1.82, 2.24) is 14.9 Å². The SMILES string of the molecule is COC(=O)CCNC(=O)Cn1cnc2scc(-c3ccc(C)cc3)c2c1=O. The van der Waals surface area contributed by atoms with E-state index in [4.69, 9.17) is 0 Å². The molecule has 7 nitrogen and oxygen atoms in total. The molecule has 2 aromatic heterocycles. The van der Waals surface area contributed by atoms with Crippen molar-refractivity contribution in [2.45, 2.75) is 19.9 Å². The summed E-state index contributed by atoms with van der Waals surface area (Å²) in [5.74, 6) is -0.772. The Hall–Kier alpha value is -3.00. The zero-order valence-corrected chi connectivity index (χ0v) is 15.8. The number of aryl methyl sites for hydroxylation is 1. The van der Waals surface area contributed by atoms with Gasteiger partial charge in [0.1, 0.15) is 11.4 Å². The third kappa shape index (κ3) is 4.22. The summed E-state index contributed by atoms with van der Waals surface area (Å²) in [6, 6.07) is 7.91. The minimum Gasteiger partial charge on any atom is -0.469 e. The number of hydrogen-bond acceptors (Lipinski definition) is 6. The van der Waals surface area contributed by atoms with Crippen molar-refractivity contribution in [3.05, 3.63) is 51.9 Å². The number of fused-ring (bicyclic) bond motifs is 1. The van der Waals surface area contributed by atoms with Gasteiger partial charge in [-0.15, -0.1) is 11.3 Å². The quantitative estimate of drug-likeness (QED) is 0.657. The van der Waals surface area contributed by atoms with Crippen LogP contribution in [-0.2, 0) is 20.9 Å². The third-order valence-corrected chi connectivity index (χ3v) is 5.00. The van der Waals surface area contributed by atoms with Crippen LogP contribution in [0.15, 0.2) is 40.8 Å². The van der Waals surface area contributed by atoms with Crippen molar-refractivity contribution >= 4 is 33.4 Å². The van der Waals surface area contributed by atoms with Crippen LogP contribution in [0.4, 0.5) is 0 Å². The average Bonchev–Trinajstić information content (AvgIpc) is 3.09. The summed E-state index contributed by atoms with van der Waals surface area (Å²) in [5.41, 5.74) is 2.62. The fourth-order valence-electron chi connectivity index (χ4n) is 2.64. The molecule has 0 atom stereocenters. The summed E-state index contributed by atoms with van der Waals surface area (Å²) < 4.78 is 5.79. The number of carbonyl (C=O) groups is 2. The number of esters is 1. The molecule has 0 aliphatic carbocycles. The van der Waals surface area contributed by atoms with Gasteiger partial charge in [-0.2, -0.15) is 0 Å². The number of aromatic nitrogens is 2. The van der Waals surface area contributed by atoms with E-state index in [2.05, 4.69) is 15.0 Å². The summed E-state index contributed by atoms with van der Waals surface area (Å²) >= 11 is 1.40. The van der Waals surface area contributed by atoms with E-state index >= 15 is 0 Å². The number of nitrogens with one attached hydrogen (secondary N) is 1. The Morgan fingerprint density at radius 2 is 2.00 bits per heavy atom. The fourth-order valence-corrected chi connectivity index (χ4v) is 3.55. The first kappa shape index (κ1) is 18.8. The Balaban J connectivity index is 1.83. The molecular formula is C19H19N3O4S. The normalized spacial score (nSPS) is 10.7. The monoisotopic (exact) mass is 385 g/mol. The molecule has 3 rings (SSSR count). The lowest BCUT2D eigenvalue weighted by Crippen LogP contribution is -2.33. The van der Waals surface area contributed by atoms with Gasteiger partial charge in [0, 0.05) is 17.5 Å². The summed E-state index contributed by atoms with van der Waals surface area (Å²) in [6.45, 7) is 2.00. The van der Waals surface area contributed by atoms with Crippen molar-refractivity contribution in [3.63, 3.8) is 0 Å². The van der Waals surface area contributed by atoms with E-state index in [0.29, 0.717) is 10.2 Å². The van der Waals surface area contributed by atoms with Crippen LogP contribution in [0.3, 0.4) is 0 Å². The minimum absolute atomic E-state index is 0.0799. The van der Waals surface area contributed by atoms with E-state index < -0.39 is 5.97 Å². The van der Waals surface area contributed by atoms with Gasteiger partial charge >= 0.3 is 5.97 Å². The molecule has 0 bridgehead atoms. The zero-order chi connectivity index (χ0) is 19.4. The summed E-state index contributed by atoms with van der Waals surface area (Å²) in [7, 11) is 1.29. The largest absolute Gasteiger partial charge is 0.469 e. The molecule has 0 spiro atoms. The Morgan fingerprint density at radius 3 is 2.70 bits per heavy atom. The highest BCUT2D eigenvalue weighted by Gasteiger charge is 2.14. The van der Waals surface area contributed by atoms with Gasteiger partial charge in [-0.1, -0.05) is 29.8 Å². The van der Waals surface area contributed by atoms with E-state index in [-0.39, 0.29) is 31.0 Å². The number of methoxy groups -OCH3 is 1. The molecular weight excluding hydrogens is 366 g/mol. The van der Waals surface area contributed by atoms with Gasteiger partial charge in [0.2, 0.25) is 5.91 Å². The number of amides is 1. The van der Waals surface area contributed by atoms with Crippen LogP contribution in [-0.4, -0.2) is 35.1 Å². The van der Waals surface area contributed by atoms with Crippen molar-refractivity contribution in [3.8, 4) is 11.1 Å². The molecule has 0 fully saturated rings. The third-order valence-electron chi connectivity index (χ3n) is 4.12. The van der Waals surface area contributed by atoms with Crippen LogP contribution in [0, 0.1) is 6.92 Å². The number of benzene rings is 1. The van der Waals surface area contributed by atoms with Crippen LogP contribution in [0.25, 0.3) is 21.3 Å². The lowest BCUT2D eigenvalue weighted by Gasteiger charge is -2.07. The molecule has 0 saturated heterocycles. The zero-order valence-electron chi connectivity index (χ0n) is 15.0. The Labute approximate surface area is 159 Å². The first-order chi connectivity index (χ1) is 13.0. The van der Waals surface area contributed by atoms with E-state index in [0.717, 1.165) is 16.7 Å². The topological polar surface area (TPSA) is 90.3 Å². The summed E-state index contributed by atoms with van der Waals surface area (Å²) in [5, 5.41) is 5.01. The van der Waals surface area contributed by atoms with Gasteiger partial charge in [-0.05, 0) is 12.5 Å². The van der Waals surface area contributed by atoms with Crippen LogP contribution in [0.1, 0.15) is 12.0 Å². The fraction of sp³-hybridized carbons (Fsp3) is 0.263. The Kier molecular flexibility index (Phi) is 5.66. The number of carbonyl (C=O) groups excluding carboxylic acids is 2. The van der Waals surface area contributed by atoms with Crippen molar-refractivity contribution in [2.24, 2.45) is 0 Å². The second-order valence-corrected chi connectivity index (χ2v) is 6.91. The van der Waals surface area contributed by atoms with E-state index in [9.17, 15) is 14.4 Å². The molecule has 0 saturated carbocycles. The molecule has 0 aliphatic rings. The molecule has 0 aliphatic heterocycles. The van der Waals surface area contributed by atoms with Gasteiger partial charge in [0.25, 0.3) is 5.56 Å². The van der Waals surface area contributed by atoms with E-state index in [1.807, 2.05) is 36.6 Å². The number of rotatable bonds is 6. The van der Waals surface area contributed by atoms with Crippen LogP contribution >= 0.6 is 11.3 Å². The lowest BCUT2D eigenvalue weighted by molar-refractivity contribution is -0.140. The lowest BCUT2D eigenvalue weighted by atomic mass is 10.1. The highest BCUT2D eigenvalue weighted by atomic mass is 32.1. The minimum atomic E-state index is -0.406. The Morgan fingerprint density at radius 1 is 1.26 bits per heavy atom. The second-order valence-electron chi connectivity index (χ2n) is 6.05. The molecule has 140 valence electrons. The van der Waals surface area contributed by atoms with Gasteiger partial charge in [-0.25, -0.2) is 4.98 Å². The van der Waals surface area contributed by atoms with Crippen molar-refractivity contribution < 1.29 is 14.3 Å². The van der Waals surface area contributed by atoms with Crippen molar-refractivity contribution in [2.75, 3.05) is 13.7 Å². The van der Waals surface area contributed by atoms with Crippen molar-refractivity contribution in [1.29, 1.82) is 0 Å². The van der Waals surface area contributed by atoms with E-state index in [1.165, 1.54) is 29.3 Å². The van der Waals surface area contributed by atoms with E-state index in [1.54, 1.807) is 0 Å². The molecule has 8 heteroatoms. The molecule has 1 amide bonds. The first-order valence-electron chi connectivity index (χ1n) is 8.37. The van der Waals surface area contributed by atoms with Gasteiger partial charge in [0.05, 0.1) is 25.2 Å². The highest BCUT2D eigenvalue weighted by Crippen LogP contribution is 2.30. The number of thiophene rings is 1. The average molecular weight is 385 g/mol. The van der Waals surface area contributed by atoms with Crippen LogP contribution < -0.4 is 10.9 Å². The molecule has 2 heterocycles. The maximum atomic E-state index is 12.9. The molecule has 1 aromatic carbocycles. The number of ether oxygens (including phenoxy) is 1. The molecule has 0 radical (unpaired) electrons. The maximum Gasteiger partial charge on any atom is 0.307 e. The standard InChI is InChI=1S/C19H19N3O4S/c1-12-3-5-13(6-4-12)14-10-27-18-17(14)19(25)22(11-21-18)9-15(23)20-8-7-16(24)26-2/h3-6,10-11H,7-9H2,1-2H3,(H,20,23). The maximum absolute atomic E-state index is 12.9. The second kappa shape index (κ2) is 8.13. The first-order valence-corrected chi connectivity index (χ1v) is 9.24.